The summed E-state index contributed by atoms with van der Waals surface area (Å²) >= 11 is 0. The number of benzene rings is 1. The Morgan fingerprint density at radius 2 is 1.89 bits per heavy atom. The summed E-state index contributed by atoms with van der Waals surface area (Å²) in [4.78, 5) is 25.2. The molecule has 3 rings (SSSR count). The molecule has 1 saturated heterocycles. The van der Waals surface area contributed by atoms with Gasteiger partial charge >= 0.3 is 5.97 Å². The van der Waals surface area contributed by atoms with Gasteiger partial charge in [0.25, 0.3) is 0 Å². The van der Waals surface area contributed by atoms with Crippen LogP contribution in [-0.4, -0.2) is 40.1 Å². The predicted molar refractivity (Wildman–Crippen MR) is 97.4 cm³/mol. The largest absolute Gasteiger partial charge is 0.489 e. The van der Waals surface area contributed by atoms with Gasteiger partial charge in [-0.15, -0.1) is 0 Å². The average molecular weight is 372 g/mol. The molecule has 1 fully saturated rings. The number of carboxylic acid groups (broad SMARTS) is 1. The summed E-state index contributed by atoms with van der Waals surface area (Å²) < 4.78 is 10.9. The minimum Gasteiger partial charge on any atom is -0.489 e. The van der Waals surface area contributed by atoms with Crippen molar-refractivity contribution in [3.05, 3.63) is 46.8 Å². The molecule has 1 N–H and O–H groups in total. The van der Waals surface area contributed by atoms with Crippen molar-refractivity contribution >= 4 is 11.9 Å². The van der Waals surface area contributed by atoms with E-state index in [4.69, 9.17) is 14.4 Å². The number of carbonyl (C=O) groups excluding carboxylic acids is 1. The molecule has 2 aromatic rings. The zero-order valence-electron chi connectivity index (χ0n) is 15.6. The smallest absolute Gasteiger partial charge is 0.306 e. The second-order valence-electron chi connectivity index (χ2n) is 6.91. The fraction of sp³-hybridized carbons (Fsp3) is 0.450. The number of rotatable bonds is 6. The number of carbonyl (C=O) groups is 2. The number of likely N-dealkylation sites (tertiary alicyclic amines) is 1. The Kier molecular flexibility index (Phi) is 5.78. The first-order chi connectivity index (χ1) is 12.9. The van der Waals surface area contributed by atoms with Crippen LogP contribution in [0, 0.1) is 19.8 Å². The number of ether oxygens (including phenoxy) is 1. The van der Waals surface area contributed by atoms with Crippen LogP contribution < -0.4 is 4.74 Å². The molecule has 0 spiro atoms. The van der Waals surface area contributed by atoms with Gasteiger partial charge in [-0.05, 0) is 44.4 Å². The van der Waals surface area contributed by atoms with E-state index in [1.54, 1.807) is 4.90 Å². The van der Waals surface area contributed by atoms with Crippen molar-refractivity contribution in [1.29, 1.82) is 0 Å². The maximum Gasteiger partial charge on any atom is 0.306 e. The first-order valence-electron chi connectivity index (χ1n) is 9.08. The molecular weight excluding hydrogens is 348 g/mol. The number of aryl methyl sites for hydroxylation is 2. The molecule has 0 saturated carbocycles. The van der Waals surface area contributed by atoms with Crippen LogP contribution in [0.3, 0.4) is 0 Å². The molecule has 7 nitrogen and oxygen atoms in total. The van der Waals surface area contributed by atoms with E-state index < -0.39 is 5.97 Å². The first-order valence-corrected chi connectivity index (χ1v) is 9.08. The van der Waals surface area contributed by atoms with Crippen molar-refractivity contribution in [3.63, 3.8) is 0 Å². The normalized spacial score (nSPS) is 15.0. The molecule has 0 atom stereocenters. The fourth-order valence-electron chi connectivity index (χ4n) is 3.23. The molecule has 0 radical (unpaired) electrons. The number of nitrogens with zero attached hydrogens (tertiary/aromatic N) is 2. The lowest BCUT2D eigenvalue weighted by Crippen LogP contribution is -2.40. The second kappa shape index (κ2) is 8.24. The Morgan fingerprint density at radius 1 is 1.22 bits per heavy atom. The molecule has 2 heterocycles. The minimum absolute atomic E-state index is 0.0308. The van der Waals surface area contributed by atoms with Crippen molar-refractivity contribution in [2.24, 2.45) is 5.92 Å². The van der Waals surface area contributed by atoms with Crippen molar-refractivity contribution < 1.29 is 24.0 Å². The molecule has 1 aliphatic heterocycles. The van der Waals surface area contributed by atoms with Gasteiger partial charge in [0, 0.05) is 13.1 Å². The lowest BCUT2D eigenvalue weighted by atomic mass is 9.96. The highest BCUT2D eigenvalue weighted by atomic mass is 16.5. The third-order valence-electron chi connectivity index (χ3n) is 5.04. The van der Waals surface area contributed by atoms with Gasteiger partial charge < -0.3 is 19.3 Å². The highest BCUT2D eigenvalue weighted by molar-refractivity contribution is 5.79. The molecule has 27 heavy (non-hydrogen) atoms. The number of aliphatic carboxylic acids is 1. The molecule has 0 bridgehead atoms. The van der Waals surface area contributed by atoms with Gasteiger partial charge in [-0.25, -0.2) is 0 Å². The molecule has 1 amide bonds. The SMILES string of the molecule is Cc1noc(C)c1COc1ccc(CC(=O)N2CCC(C(=O)O)CC2)cc1. The standard InChI is InChI=1S/C20H24N2O5/c1-13-18(14(2)27-21-13)12-26-17-5-3-15(4-6-17)11-19(23)22-9-7-16(8-10-22)20(24)25/h3-6,16H,7-12H2,1-2H3,(H,24,25). The molecule has 0 unspecified atom stereocenters. The number of amides is 1. The zero-order chi connectivity index (χ0) is 19.4. The van der Waals surface area contributed by atoms with Crippen LogP contribution >= 0.6 is 0 Å². The molecule has 1 aromatic heterocycles. The lowest BCUT2D eigenvalue weighted by molar-refractivity contribution is -0.145. The highest BCUT2D eigenvalue weighted by Crippen LogP contribution is 2.20. The summed E-state index contributed by atoms with van der Waals surface area (Å²) in [6.07, 6.45) is 1.35. The molecular formula is C20H24N2O5. The Morgan fingerprint density at radius 3 is 2.44 bits per heavy atom. The van der Waals surface area contributed by atoms with Crippen LogP contribution in [0.4, 0.5) is 0 Å². The van der Waals surface area contributed by atoms with Crippen LogP contribution in [0.25, 0.3) is 0 Å². The minimum atomic E-state index is -0.769. The third-order valence-corrected chi connectivity index (χ3v) is 5.04. The summed E-state index contributed by atoms with van der Waals surface area (Å²) in [5, 5.41) is 12.9. The average Bonchev–Trinajstić information content (AvgIpc) is 2.99. The maximum atomic E-state index is 12.4. The Labute approximate surface area is 157 Å². The predicted octanol–water partition coefficient (Wildman–Crippen LogP) is 2.74. The zero-order valence-corrected chi connectivity index (χ0v) is 15.6. The third kappa shape index (κ3) is 4.67. The summed E-state index contributed by atoms with van der Waals surface area (Å²) in [6, 6.07) is 7.45. The number of hydrogen-bond acceptors (Lipinski definition) is 5. The van der Waals surface area contributed by atoms with Gasteiger partial charge in [0.1, 0.15) is 18.1 Å². The van der Waals surface area contributed by atoms with E-state index >= 15 is 0 Å². The molecule has 144 valence electrons. The first kappa shape index (κ1) is 18.9. The highest BCUT2D eigenvalue weighted by Gasteiger charge is 2.26. The number of aromatic nitrogens is 1. The van der Waals surface area contributed by atoms with Gasteiger partial charge in [0.05, 0.1) is 23.6 Å². The van der Waals surface area contributed by atoms with Gasteiger partial charge in [-0.3, -0.25) is 9.59 Å². The van der Waals surface area contributed by atoms with E-state index in [-0.39, 0.29) is 11.8 Å². The van der Waals surface area contributed by atoms with Crippen LogP contribution in [0.1, 0.15) is 35.4 Å². The Hall–Kier alpha value is -2.83. The quantitative estimate of drug-likeness (QED) is 0.838. The number of carboxylic acids is 1. The van der Waals surface area contributed by atoms with E-state index in [2.05, 4.69) is 5.16 Å². The van der Waals surface area contributed by atoms with Gasteiger partial charge in [-0.2, -0.15) is 0 Å². The van der Waals surface area contributed by atoms with Gasteiger partial charge in [-0.1, -0.05) is 17.3 Å². The number of piperidine rings is 1. The van der Waals surface area contributed by atoms with E-state index in [0.717, 1.165) is 22.6 Å². The van der Waals surface area contributed by atoms with Crippen molar-refractivity contribution in [1.82, 2.24) is 10.1 Å². The molecule has 1 aliphatic rings. The Bertz CT molecular complexity index is 785. The van der Waals surface area contributed by atoms with Crippen LogP contribution in [0.5, 0.6) is 5.75 Å². The topological polar surface area (TPSA) is 92.9 Å². The van der Waals surface area contributed by atoms with E-state index in [1.807, 2.05) is 38.1 Å². The van der Waals surface area contributed by atoms with Crippen molar-refractivity contribution in [3.8, 4) is 5.75 Å². The Balaban J connectivity index is 1.50. The van der Waals surface area contributed by atoms with Crippen molar-refractivity contribution in [2.75, 3.05) is 13.1 Å². The lowest BCUT2D eigenvalue weighted by Gasteiger charge is -2.30. The molecule has 0 aliphatic carbocycles. The van der Waals surface area contributed by atoms with Crippen LogP contribution in [0.15, 0.2) is 28.8 Å². The van der Waals surface area contributed by atoms with Crippen LogP contribution in [-0.2, 0) is 22.6 Å². The van der Waals surface area contributed by atoms with Crippen LogP contribution in [0.2, 0.25) is 0 Å². The number of hydrogen-bond donors (Lipinski definition) is 1. The van der Waals surface area contributed by atoms with E-state index in [9.17, 15) is 9.59 Å². The second-order valence-corrected chi connectivity index (χ2v) is 6.91. The van der Waals surface area contributed by atoms with E-state index in [0.29, 0.717) is 44.7 Å². The molecule has 7 heteroatoms. The van der Waals surface area contributed by atoms with Crippen molar-refractivity contribution in [2.45, 2.75) is 39.7 Å². The summed E-state index contributed by atoms with van der Waals surface area (Å²) in [5.74, 6) is 0.399. The van der Waals surface area contributed by atoms with Gasteiger partial charge in [0.2, 0.25) is 5.91 Å². The molecule has 1 aromatic carbocycles. The summed E-state index contributed by atoms with van der Waals surface area (Å²) in [7, 11) is 0. The monoisotopic (exact) mass is 372 g/mol. The van der Waals surface area contributed by atoms with E-state index in [1.165, 1.54) is 0 Å². The summed E-state index contributed by atoms with van der Waals surface area (Å²) in [6.45, 7) is 5.14. The fourth-order valence-corrected chi connectivity index (χ4v) is 3.23. The van der Waals surface area contributed by atoms with Gasteiger partial charge in [0.15, 0.2) is 0 Å². The maximum absolute atomic E-state index is 12.4. The summed E-state index contributed by atoms with van der Waals surface area (Å²) in [5.41, 5.74) is 2.67.